The van der Waals surface area contributed by atoms with Gasteiger partial charge < -0.3 is 0 Å². The zero-order valence-electron chi connectivity index (χ0n) is 16.5. The van der Waals surface area contributed by atoms with Gasteiger partial charge in [-0.15, -0.1) is 0 Å². The molecule has 1 fully saturated rings. The molecule has 0 aromatic heterocycles. The molecule has 2 aromatic rings. The van der Waals surface area contributed by atoms with Crippen molar-refractivity contribution in [3.63, 3.8) is 0 Å². The van der Waals surface area contributed by atoms with E-state index in [4.69, 9.17) is 0 Å². The number of benzene rings is 2. The van der Waals surface area contributed by atoms with E-state index in [1.54, 1.807) is 0 Å². The first-order valence-electron chi connectivity index (χ1n) is 10.0. The van der Waals surface area contributed by atoms with Crippen LogP contribution in [0.15, 0.2) is 42.5 Å². The van der Waals surface area contributed by atoms with Gasteiger partial charge in [-0.05, 0) is 93.2 Å². The van der Waals surface area contributed by atoms with Crippen molar-refractivity contribution in [2.24, 2.45) is 11.8 Å². The third kappa shape index (κ3) is 5.73. The van der Waals surface area contributed by atoms with Crippen molar-refractivity contribution in [1.82, 2.24) is 0 Å². The van der Waals surface area contributed by atoms with Gasteiger partial charge in [-0.2, -0.15) is 0 Å². The van der Waals surface area contributed by atoms with E-state index in [9.17, 15) is 17.6 Å². The quantitative estimate of drug-likeness (QED) is 0.296. The molecule has 3 rings (SSSR count). The van der Waals surface area contributed by atoms with E-state index in [0.717, 1.165) is 31.4 Å². The average molecular weight is 400 g/mol. The molecule has 1 saturated carbocycles. The molecule has 152 valence electrons. The lowest BCUT2D eigenvalue weighted by Gasteiger charge is -2.26. The Bertz CT molecular complexity index is 918. The maximum absolute atomic E-state index is 14.4. The lowest BCUT2D eigenvalue weighted by atomic mass is 9.79. The predicted molar refractivity (Wildman–Crippen MR) is 107 cm³/mol. The van der Waals surface area contributed by atoms with Gasteiger partial charge >= 0.3 is 0 Å². The molecule has 0 spiro atoms. The standard InChI is InChI=1S/C25H24F4/c1-2-3-17-4-6-18(7-5-17)8-9-20-15-23(27)21(24(28)16-20)12-10-19-11-13-22(26)25(29)14-19/h2-3,11,13-18H,4-9H2,1H3. The fourth-order valence-corrected chi connectivity index (χ4v) is 3.91. The van der Waals surface area contributed by atoms with Crippen molar-refractivity contribution in [2.45, 2.75) is 45.4 Å². The molecular weight excluding hydrogens is 376 g/mol. The molecule has 1 aliphatic rings. The number of allylic oxidation sites excluding steroid dienone is 2. The van der Waals surface area contributed by atoms with Crippen LogP contribution in [-0.4, -0.2) is 0 Å². The van der Waals surface area contributed by atoms with Crippen molar-refractivity contribution in [2.75, 3.05) is 0 Å². The summed E-state index contributed by atoms with van der Waals surface area (Å²) in [7, 11) is 0. The van der Waals surface area contributed by atoms with Gasteiger partial charge in [-0.25, -0.2) is 17.6 Å². The summed E-state index contributed by atoms with van der Waals surface area (Å²) in [6.45, 7) is 2.04. The number of halogens is 4. The molecule has 0 bridgehead atoms. The summed E-state index contributed by atoms with van der Waals surface area (Å²) in [6.07, 6.45) is 10.6. The third-order valence-corrected chi connectivity index (χ3v) is 5.55. The van der Waals surface area contributed by atoms with Crippen LogP contribution in [0.2, 0.25) is 0 Å². The minimum atomic E-state index is -1.05. The molecule has 4 heteroatoms. The second-order valence-corrected chi connectivity index (χ2v) is 7.66. The van der Waals surface area contributed by atoms with Crippen LogP contribution < -0.4 is 0 Å². The Kier molecular flexibility index (Phi) is 7.14. The Hall–Kier alpha value is -2.54. The molecule has 0 unspecified atom stereocenters. The monoisotopic (exact) mass is 400 g/mol. The van der Waals surface area contributed by atoms with Gasteiger partial charge in [-0.3, -0.25) is 0 Å². The lowest BCUT2D eigenvalue weighted by molar-refractivity contribution is 0.296. The molecule has 29 heavy (non-hydrogen) atoms. The molecule has 2 aromatic carbocycles. The van der Waals surface area contributed by atoms with E-state index in [1.807, 2.05) is 6.92 Å². The summed E-state index contributed by atoms with van der Waals surface area (Å²) >= 11 is 0. The van der Waals surface area contributed by atoms with E-state index in [0.29, 0.717) is 23.8 Å². The molecule has 0 radical (unpaired) electrons. The number of hydrogen-bond acceptors (Lipinski definition) is 0. The highest BCUT2D eigenvalue weighted by Crippen LogP contribution is 2.32. The van der Waals surface area contributed by atoms with E-state index in [1.165, 1.54) is 31.0 Å². The van der Waals surface area contributed by atoms with Gasteiger partial charge in [0.1, 0.15) is 11.6 Å². The Balaban J connectivity index is 1.64. The highest BCUT2D eigenvalue weighted by Gasteiger charge is 2.19. The molecule has 0 amide bonds. The molecule has 0 heterocycles. The van der Waals surface area contributed by atoms with Crippen LogP contribution >= 0.6 is 0 Å². The van der Waals surface area contributed by atoms with Crippen LogP contribution in [0.4, 0.5) is 17.6 Å². The third-order valence-electron chi connectivity index (χ3n) is 5.55. The largest absolute Gasteiger partial charge is 0.206 e. The summed E-state index contributed by atoms with van der Waals surface area (Å²) in [6, 6.07) is 5.74. The average Bonchev–Trinajstić information content (AvgIpc) is 2.70. The zero-order valence-corrected chi connectivity index (χ0v) is 16.5. The van der Waals surface area contributed by atoms with Crippen LogP contribution in [0.3, 0.4) is 0 Å². The predicted octanol–water partition coefficient (Wildman–Crippen LogP) is 6.96. The lowest BCUT2D eigenvalue weighted by Crippen LogP contribution is -2.13. The SMILES string of the molecule is CC=CC1CCC(CCc2cc(F)c(C#Cc3ccc(F)c(F)c3)c(F)c2)CC1. The highest BCUT2D eigenvalue weighted by molar-refractivity contribution is 5.45. The molecule has 1 aliphatic carbocycles. The maximum atomic E-state index is 14.4. The van der Waals surface area contributed by atoms with Gasteiger partial charge in [0.05, 0.1) is 5.56 Å². The first-order valence-corrected chi connectivity index (χ1v) is 10.0. The van der Waals surface area contributed by atoms with Gasteiger partial charge in [0.25, 0.3) is 0 Å². The number of hydrogen-bond donors (Lipinski definition) is 0. The Labute approximate surface area is 169 Å². The molecule has 0 nitrogen and oxygen atoms in total. The van der Waals surface area contributed by atoms with Crippen molar-refractivity contribution in [3.8, 4) is 11.8 Å². The minimum Gasteiger partial charge on any atom is -0.206 e. The van der Waals surface area contributed by atoms with Crippen LogP contribution in [-0.2, 0) is 6.42 Å². The van der Waals surface area contributed by atoms with Crippen LogP contribution in [0.1, 0.15) is 55.7 Å². The first kappa shape index (κ1) is 21.2. The second kappa shape index (κ2) is 9.78. The molecular formula is C25H24F4. The Morgan fingerprint density at radius 3 is 2.17 bits per heavy atom. The summed E-state index contributed by atoms with van der Waals surface area (Å²) in [5, 5.41) is 0. The van der Waals surface area contributed by atoms with Crippen molar-refractivity contribution < 1.29 is 17.6 Å². The number of rotatable bonds is 4. The molecule has 0 aliphatic heterocycles. The normalized spacial score (nSPS) is 19.2. The second-order valence-electron chi connectivity index (χ2n) is 7.66. The molecule has 0 atom stereocenters. The summed E-state index contributed by atoms with van der Waals surface area (Å²) in [5.74, 6) is 2.64. The Morgan fingerprint density at radius 2 is 1.55 bits per heavy atom. The van der Waals surface area contributed by atoms with E-state index in [-0.39, 0.29) is 11.1 Å². The Morgan fingerprint density at radius 1 is 0.862 bits per heavy atom. The van der Waals surface area contributed by atoms with Crippen LogP contribution in [0.25, 0.3) is 0 Å². The smallest absolute Gasteiger partial charge is 0.160 e. The highest BCUT2D eigenvalue weighted by atomic mass is 19.2. The fraction of sp³-hybridized carbons (Fsp3) is 0.360. The zero-order chi connectivity index (χ0) is 20.8. The van der Waals surface area contributed by atoms with Gasteiger partial charge in [0, 0.05) is 5.56 Å². The fourth-order valence-electron chi connectivity index (χ4n) is 3.91. The molecule has 0 N–H and O–H groups in total. The minimum absolute atomic E-state index is 0.153. The first-order chi connectivity index (χ1) is 14.0. The summed E-state index contributed by atoms with van der Waals surface area (Å²) in [5.41, 5.74) is 0.416. The van der Waals surface area contributed by atoms with Crippen LogP contribution in [0, 0.1) is 46.9 Å². The van der Waals surface area contributed by atoms with Gasteiger partial charge in [0.2, 0.25) is 0 Å². The van der Waals surface area contributed by atoms with Crippen LogP contribution in [0.5, 0.6) is 0 Å². The summed E-state index contributed by atoms with van der Waals surface area (Å²) in [4.78, 5) is 0. The van der Waals surface area contributed by atoms with Gasteiger partial charge in [-0.1, -0.05) is 24.0 Å². The topological polar surface area (TPSA) is 0 Å². The van der Waals surface area contributed by atoms with E-state index < -0.39 is 23.3 Å². The van der Waals surface area contributed by atoms with E-state index >= 15 is 0 Å². The number of aryl methyl sites for hydroxylation is 1. The maximum Gasteiger partial charge on any atom is 0.160 e. The van der Waals surface area contributed by atoms with Crippen molar-refractivity contribution in [1.29, 1.82) is 0 Å². The van der Waals surface area contributed by atoms with Crippen molar-refractivity contribution >= 4 is 0 Å². The summed E-state index contributed by atoms with van der Waals surface area (Å²) < 4.78 is 54.9. The van der Waals surface area contributed by atoms with E-state index in [2.05, 4.69) is 24.0 Å². The molecule has 0 saturated heterocycles. The van der Waals surface area contributed by atoms with Crippen molar-refractivity contribution in [3.05, 3.63) is 82.4 Å². The van der Waals surface area contributed by atoms with Gasteiger partial charge in [0.15, 0.2) is 11.6 Å².